The molecule has 0 heterocycles. The van der Waals surface area contributed by atoms with Crippen LogP contribution in [0.1, 0.15) is 77.3 Å². The van der Waals surface area contributed by atoms with Crippen LogP contribution in [0.15, 0.2) is 22.4 Å². The molecule has 0 N–H and O–H groups in total. The molecule has 25 heavy (non-hydrogen) atoms. The lowest BCUT2D eigenvalue weighted by atomic mass is 9.96. The van der Waals surface area contributed by atoms with Crippen molar-refractivity contribution in [3.63, 3.8) is 0 Å². The molecule has 0 saturated heterocycles. The van der Waals surface area contributed by atoms with Crippen LogP contribution in [0.25, 0.3) is 4.91 Å². The first-order valence-electron chi connectivity index (χ1n) is 9.42. The summed E-state index contributed by atoms with van der Waals surface area (Å²) in [6.07, 6.45) is 4.57. The van der Waals surface area contributed by atoms with Crippen molar-refractivity contribution in [1.29, 1.82) is 0 Å². The van der Waals surface area contributed by atoms with E-state index in [2.05, 4.69) is 52.8 Å². The van der Waals surface area contributed by atoms with E-state index in [1.807, 2.05) is 0 Å². The Morgan fingerprint density at radius 1 is 1.16 bits per heavy atom. The molecule has 1 aromatic carbocycles. The SMILES string of the molecule is CCCCSC(S)=C(S)c1cc(C(C)CC)ccc1OCCC(C)C. The van der Waals surface area contributed by atoms with E-state index in [4.69, 9.17) is 30.0 Å². The molecule has 0 spiro atoms. The number of benzene rings is 1. The highest BCUT2D eigenvalue weighted by atomic mass is 32.2. The standard InChI is InChI=1S/C21H34OS3/c1-6-8-13-25-21(24)20(23)18-14-17(16(5)7-2)9-10-19(18)22-12-11-15(3)4/h9-10,14-16,23-24H,6-8,11-13H2,1-5H3. The first-order valence-corrected chi connectivity index (χ1v) is 11.3. The van der Waals surface area contributed by atoms with Crippen LogP contribution < -0.4 is 4.74 Å². The summed E-state index contributed by atoms with van der Waals surface area (Å²) >= 11 is 11.3. The molecular weight excluding hydrogens is 364 g/mol. The van der Waals surface area contributed by atoms with E-state index in [1.165, 1.54) is 18.4 Å². The molecule has 1 unspecified atom stereocenters. The summed E-state index contributed by atoms with van der Waals surface area (Å²) in [5, 5.41) is 0. The Hall–Kier alpha value is -0.190. The molecule has 0 radical (unpaired) electrons. The van der Waals surface area contributed by atoms with Crippen molar-refractivity contribution in [1.82, 2.24) is 0 Å². The minimum atomic E-state index is 0.528. The molecule has 0 aliphatic rings. The summed E-state index contributed by atoms with van der Waals surface area (Å²) in [5.74, 6) is 3.16. The highest BCUT2D eigenvalue weighted by molar-refractivity contribution is 8.16. The van der Waals surface area contributed by atoms with Crippen molar-refractivity contribution in [2.24, 2.45) is 5.92 Å². The Kier molecular flexibility index (Phi) is 11.2. The largest absolute Gasteiger partial charge is 0.493 e. The number of ether oxygens (including phenoxy) is 1. The smallest absolute Gasteiger partial charge is 0.127 e. The minimum Gasteiger partial charge on any atom is -0.493 e. The van der Waals surface area contributed by atoms with E-state index in [0.717, 1.165) is 45.7 Å². The fourth-order valence-corrected chi connectivity index (χ4v) is 3.94. The lowest BCUT2D eigenvalue weighted by molar-refractivity contribution is 0.289. The molecule has 4 heteroatoms. The van der Waals surface area contributed by atoms with Gasteiger partial charge in [-0.25, -0.2) is 0 Å². The Balaban J connectivity index is 3.09. The maximum Gasteiger partial charge on any atom is 0.127 e. The summed E-state index contributed by atoms with van der Waals surface area (Å²) < 4.78 is 7.07. The number of thioether (sulfide) groups is 1. The van der Waals surface area contributed by atoms with Gasteiger partial charge in [-0.15, -0.1) is 37.0 Å². The second kappa shape index (κ2) is 12.2. The van der Waals surface area contributed by atoms with E-state index in [1.54, 1.807) is 11.8 Å². The Labute approximate surface area is 170 Å². The number of hydrogen-bond acceptors (Lipinski definition) is 4. The van der Waals surface area contributed by atoms with Crippen LogP contribution in [0, 0.1) is 5.92 Å². The van der Waals surface area contributed by atoms with Crippen LogP contribution in [-0.4, -0.2) is 12.4 Å². The molecule has 142 valence electrons. The molecule has 0 aromatic heterocycles. The monoisotopic (exact) mass is 398 g/mol. The summed E-state index contributed by atoms with van der Waals surface area (Å²) in [4.78, 5) is 0.925. The van der Waals surface area contributed by atoms with Gasteiger partial charge >= 0.3 is 0 Å². The van der Waals surface area contributed by atoms with Gasteiger partial charge in [-0.05, 0) is 54.5 Å². The lowest BCUT2D eigenvalue weighted by Gasteiger charge is -2.17. The van der Waals surface area contributed by atoms with Crippen molar-refractivity contribution in [2.75, 3.05) is 12.4 Å². The highest BCUT2D eigenvalue weighted by Gasteiger charge is 2.14. The maximum atomic E-state index is 6.09. The maximum absolute atomic E-state index is 6.09. The molecule has 1 rings (SSSR count). The lowest BCUT2D eigenvalue weighted by Crippen LogP contribution is -2.04. The van der Waals surface area contributed by atoms with E-state index >= 15 is 0 Å². The van der Waals surface area contributed by atoms with Crippen molar-refractivity contribution < 1.29 is 4.74 Å². The van der Waals surface area contributed by atoms with E-state index in [-0.39, 0.29) is 0 Å². The molecule has 0 aliphatic heterocycles. The van der Waals surface area contributed by atoms with Gasteiger partial charge in [0.2, 0.25) is 0 Å². The van der Waals surface area contributed by atoms with E-state index < -0.39 is 0 Å². The van der Waals surface area contributed by atoms with Gasteiger partial charge in [0, 0.05) is 10.5 Å². The molecule has 1 atom stereocenters. The fourth-order valence-electron chi connectivity index (χ4n) is 2.30. The zero-order valence-corrected chi connectivity index (χ0v) is 18.9. The molecule has 0 saturated carbocycles. The van der Waals surface area contributed by atoms with Crippen LogP contribution >= 0.6 is 37.0 Å². The molecular formula is C21H34OS3. The number of thiol groups is 2. The van der Waals surface area contributed by atoms with Crippen molar-refractivity contribution >= 4 is 41.9 Å². The Morgan fingerprint density at radius 3 is 2.48 bits per heavy atom. The quantitative estimate of drug-likeness (QED) is 0.293. The third-order valence-corrected chi connectivity index (χ3v) is 6.71. The third-order valence-electron chi connectivity index (χ3n) is 4.33. The third kappa shape index (κ3) is 7.92. The predicted octanol–water partition coefficient (Wildman–Crippen LogP) is 7.64. The molecule has 1 nitrogen and oxygen atoms in total. The van der Waals surface area contributed by atoms with Crippen molar-refractivity contribution in [2.45, 2.75) is 66.2 Å². The predicted molar refractivity (Wildman–Crippen MR) is 122 cm³/mol. The van der Waals surface area contributed by atoms with Gasteiger partial charge in [-0.2, -0.15) is 0 Å². The van der Waals surface area contributed by atoms with Gasteiger partial charge in [-0.1, -0.05) is 47.1 Å². The molecule has 0 amide bonds. The minimum absolute atomic E-state index is 0.528. The van der Waals surface area contributed by atoms with Crippen molar-refractivity contribution in [3.8, 4) is 5.75 Å². The Morgan fingerprint density at radius 2 is 1.88 bits per heavy atom. The summed E-state index contributed by atoms with van der Waals surface area (Å²) in [7, 11) is 0. The highest BCUT2D eigenvalue weighted by Crippen LogP contribution is 2.39. The van der Waals surface area contributed by atoms with Gasteiger partial charge in [0.05, 0.1) is 10.8 Å². The second-order valence-electron chi connectivity index (χ2n) is 6.95. The van der Waals surface area contributed by atoms with Crippen LogP contribution in [-0.2, 0) is 0 Å². The van der Waals surface area contributed by atoms with E-state index in [9.17, 15) is 0 Å². The molecule has 0 aliphatic carbocycles. The van der Waals surface area contributed by atoms with Gasteiger partial charge in [0.15, 0.2) is 0 Å². The van der Waals surface area contributed by atoms with Crippen LogP contribution in [0.3, 0.4) is 0 Å². The first kappa shape index (κ1) is 22.9. The average Bonchev–Trinajstić information content (AvgIpc) is 2.60. The summed E-state index contributed by atoms with van der Waals surface area (Å²) in [6, 6.07) is 6.52. The van der Waals surface area contributed by atoms with Gasteiger partial charge in [-0.3, -0.25) is 0 Å². The number of rotatable bonds is 11. The second-order valence-corrected chi connectivity index (χ2v) is 9.25. The molecule has 1 aromatic rings. The fraction of sp³-hybridized carbons (Fsp3) is 0.619. The average molecular weight is 399 g/mol. The zero-order valence-electron chi connectivity index (χ0n) is 16.3. The summed E-state index contributed by atoms with van der Waals surface area (Å²) in [6.45, 7) is 11.9. The topological polar surface area (TPSA) is 9.23 Å². The Bertz CT molecular complexity index is 552. The normalized spacial score (nSPS) is 13.8. The van der Waals surface area contributed by atoms with Crippen LogP contribution in [0.4, 0.5) is 0 Å². The van der Waals surface area contributed by atoms with Crippen molar-refractivity contribution in [3.05, 3.63) is 33.6 Å². The van der Waals surface area contributed by atoms with Gasteiger partial charge < -0.3 is 4.74 Å². The van der Waals surface area contributed by atoms with Gasteiger partial charge in [0.1, 0.15) is 5.75 Å². The van der Waals surface area contributed by atoms with Crippen LogP contribution in [0.2, 0.25) is 0 Å². The molecule has 0 bridgehead atoms. The summed E-state index contributed by atoms with van der Waals surface area (Å²) in [5.41, 5.74) is 2.40. The van der Waals surface area contributed by atoms with Crippen LogP contribution in [0.5, 0.6) is 5.75 Å². The molecule has 0 fully saturated rings. The first-order chi connectivity index (χ1) is 11.9. The number of hydrogen-bond donors (Lipinski definition) is 2. The number of unbranched alkanes of at least 4 members (excludes halogenated alkanes) is 1. The van der Waals surface area contributed by atoms with E-state index in [0.29, 0.717) is 11.8 Å². The zero-order chi connectivity index (χ0) is 18.8. The van der Waals surface area contributed by atoms with Gasteiger partial charge in [0.25, 0.3) is 0 Å².